The minimum absolute atomic E-state index is 0.0799. The molecular weight excluding hydrogens is 350 g/mol. The van der Waals surface area contributed by atoms with Crippen LogP contribution in [0.5, 0.6) is 0 Å². The predicted molar refractivity (Wildman–Crippen MR) is 95.6 cm³/mol. The highest BCUT2D eigenvalue weighted by molar-refractivity contribution is 6.36. The van der Waals surface area contributed by atoms with Crippen LogP contribution in [0.2, 0.25) is 10.0 Å². The number of anilines is 1. The Labute approximate surface area is 150 Å². The first-order valence-electron chi connectivity index (χ1n) is 7.71. The van der Waals surface area contributed by atoms with E-state index in [9.17, 15) is 9.18 Å². The molecule has 0 aromatic heterocycles. The molecule has 24 heavy (non-hydrogen) atoms. The maximum Gasteiger partial charge on any atom is 0.253 e. The van der Waals surface area contributed by atoms with Gasteiger partial charge in [-0.2, -0.15) is 0 Å². The minimum Gasteiger partial charge on any atom is -0.374 e. The van der Waals surface area contributed by atoms with E-state index in [0.717, 1.165) is 31.0 Å². The number of carbonyl (C=O) groups is 1. The van der Waals surface area contributed by atoms with Crippen LogP contribution in [0.1, 0.15) is 27.9 Å². The van der Waals surface area contributed by atoms with Gasteiger partial charge in [0.05, 0.1) is 15.6 Å². The van der Waals surface area contributed by atoms with Gasteiger partial charge in [0.15, 0.2) is 0 Å². The SMILES string of the molecule is CN1CCCc2cc(CNC(=O)c3cc(F)c(Cl)cc3Cl)ccc21. The van der Waals surface area contributed by atoms with Crippen molar-refractivity contribution in [1.82, 2.24) is 5.32 Å². The topological polar surface area (TPSA) is 32.3 Å². The molecule has 0 aliphatic carbocycles. The monoisotopic (exact) mass is 366 g/mol. The highest BCUT2D eigenvalue weighted by Crippen LogP contribution is 2.27. The fourth-order valence-electron chi connectivity index (χ4n) is 2.92. The third-order valence-corrected chi connectivity index (χ3v) is 4.80. The first-order valence-corrected chi connectivity index (χ1v) is 8.47. The van der Waals surface area contributed by atoms with E-state index in [1.54, 1.807) is 0 Å². The van der Waals surface area contributed by atoms with Crippen molar-refractivity contribution < 1.29 is 9.18 Å². The molecule has 6 heteroatoms. The lowest BCUT2D eigenvalue weighted by Gasteiger charge is -2.27. The average molecular weight is 367 g/mol. The van der Waals surface area contributed by atoms with Gasteiger partial charge in [0.2, 0.25) is 0 Å². The molecule has 3 nitrogen and oxygen atoms in total. The Balaban J connectivity index is 1.72. The summed E-state index contributed by atoms with van der Waals surface area (Å²) >= 11 is 11.6. The van der Waals surface area contributed by atoms with Crippen molar-refractivity contribution in [1.29, 1.82) is 0 Å². The Morgan fingerprint density at radius 1 is 1.25 bits per heavy atom. The molecule has 2 aromatic carbocycles. The number of nitrogens with one attached hydrogen (secondary N) is 1. The van der Waals surface area contributed by atoms with Gasteiger partial charge in [-0.25, -0.2) is 4.39 Å². The lowest BCUT2D eigenvalue weighted by molar-refractivity contribution is 0.0950. The summed E-state index contributed by atoms with van der Waals surface area (Å²) in [6.07, 6.45) is 2.16. The van der Waals surface area contributed by atoms with Crippen molar-refractivity contribution in [2.75, 3.05) is 18.5 Å². The number of rotatable bonds is 3. The van der Waals surface area contributed by atoms with Gasteiger partial charge >= 0.3 is 0 Å². The third-order valence-electron chi connectivity index (χ3n) is 4.20. The first-order chi connectivity index (χ1) is 11.5. The average Bonchev–Trinajstić information content (AvgIpc) is 2.56. The standard InChI is InChI=1S/C18H17Cl2FN2O/c1-23-6-2-3-12-7-11(4-5-17(12)23)10-22-18(24)13-8-16(21)15(20)9-14(13)19/h4-5,7-9H,2-3,6,10H2,1H3,(H,22,24). The smallest absolute Gasteiger partial charge is 0.253 e. The Bertz CT molecular complexity index is 795. The van der Waals surface area contributed by atoms with E-state index in [-0.39, 0.29) is 15.6 Å². The van der Waals surface area contributed by atoms with E-state index >= 15 is 0 Å². The van der Waals surface area contributed by atoms with Crippen molar-refractivity contribution in [3.05, 3.63) is 62.9 Å². The highest BCUT2D eigenvalue weighted by atomic mass is 35.5. The van der Waals surface area contributed by atoms with E-state index in [1.807, 2.05) is 6.07 Å². The molecule has 1 N–H and O–H groups in total. The molecule has 0 bridgehead atoms. The van der Waals surface area contributed by atoms with Crippen LogP contribution in [0.15, 0.2) is 30.3 Å². The quantitative estimate of drug-likeness (QED) is 0.814. The molecule has 0 radical (unpaired) electrons. The largest absolute Gasteiger partial charge is 0.374 e. The van der Waals surface area contributed by atoms with Crippen LogP contribution in [0.4, 0.5) is 10.1 Å². The van der Waals surface area contributed by atoms with Crippen LogP contribution in [0, 0.1) is 5.82 Å². The summed E-state index contributed by atoms with van der Waals surface area (Å²) in [4.78, 5) is 14.5. The summed E-state index contributed by atoms with van der Waals surface area (Å²) in [7, 11) is 2.08. The number of hydrogen-bond acceptors (Lipinski definition) is 2. The van der Waals surface area contributed by atoms with Crippen LogP contribution in [-0.4, -0.2) is 19.5 Å². The molecular formula is C18H17Cl2FN2O. The van der Waals surface area contributed by atoms with E-state index < -0.39 is 11.7 Å². The normalized spacial score (nSPS) is 13.6. The number of nitrogens with zero attached hydrogens (tertiary/aromatic N) is 1. The summed E-state index contributed by atoms with van der Waals surface area (Å²) in [6.45, 7) is 1.42. The Hall–Kier alpha value is -1.78. The fourth-order valence-corrected chi connectivity index (χ4v) is 3.39. The second kappa shape index (κ2) is 6.99. The van der Waals surface area contributed by atoms with Crippen LogP contribution in [0.25, 0.3) is 0 Å². The maximum atomic E-state index is 13.5. The summed E-state index contributed by atoms with van der Waals surface area (Å²) in [6, 6.07) is 8.47. The van der Waals surface area contributed by atoms with Crippen LogP contribution < -0.4 is 10.2 Å². The van der Waals surface area contributed by atoms with Crippen LogP contribution in [-0.2, 0) is 13.0 Å². The van der Waals surface area contributed by atoms with Gasteiger partial charge in [0, 0.05) is 25.8 Å². The van der Waals surface area contributed by atoms with Crippen molar-refractivity contribution in [2.24, 2.45) is 0 Å². The number of carbonyl (C=O) groups excluding carboxylic acids is 1. The Morgan fingerprint density at radius 2 is 2.04 bits per heavy atom. The molecule has 0 spiro atoms. The fraction of sp³-hybridized carbons (Fsp3) is 0.278. The van der Waals surface area contributed by atoms with Crippen molar-refractivity contribution in [3.63, 3.8) is 0 Å². The number of amides is 1. The molecule has 0 atom stereocenters. The van der Waals surface area contributed by atoms with E-state index in [2.05, 4.69) is 29.4 Å². The number of hydrogen-bond donors (Lipinski definition) is 1. The lowest BCUT2D eigenvalue weighted by Crippen LogP contribution is -2.26. The summed E-state index contributed by atoms with van der Waals surface area (Å²) in [5.74, 6) is -1.09. The molecule has 2 aromatic rings. The number of halogens is 3. The zero-order valence-electron chi connectivity index (χ0n) is 13.2. The van der Waals surface area contributed by atoms with Gasteiger partial charge in [-0.1, -0.05) is 35.3 Å². The molecule has 0 saturated carbocycles. The van der Waals surface area contributed by atoms with Gasteiger partial charge in [-0.15, -0.1) is 0 Å². The van der Waals surface area contributed by atoms with E-state index in [0.29, 0.717) is 6.54 Å². The molecule has 126 valence electrons. The van der Waals surface area contributed by atoms with Crippen molar-refractivity contribution in [2.45, 2.75) is 19.4 Å². The highest BCUT2D eigenvalue weighted by Gasteiger charge is 2.16. The molecule has 0 fully saturated rings. The maximum absolute atomic E-state index is 13.5. The van der Waals surface area contributed by atoms with E-state index in [1.165, 1.54) is 17.3 Å². The number of aryl methyl sites for hydroxylation is 1. The predicted octanol–water partition coefficient (Wildman–Crippen LogP) is 4.44. The molecule has 0 saturated heterocycles. The molecule has 0 unspecified atom stereocenters. The second-order valence-electron chi connectivity index (χ2n) is 5.92. The van der Waals surface area contributed by atoms with Gasteiger partial charge < -0.3 is 10.2 Å². The van der Waals surface area contributed by atoms with Gasteiger partial charge in [0.1, 0.15) is 5.82 Å². The van der Waals surface area contributed by atoms with Gasteiger partial charge in [-0.05, 0) is 42.2 Å². The van der Waals surface area contributed by atoms with Crippen LogP contribution >= 0.6 is 23.2 Å². The van der Waals surface area contributed by atoms with Gasteiger partial charge in [0.25, 0.3) is 5.91 Å². The summed E-state index contributed by atoms with van der Waals surface area (Å²) in [5, 5.41) is 2.80. The Kier molecular flexibility index (Phi) is 4.97. The zero-order chi connectivity index (χ0) is 17.3. The van der Waals surface area contributed by atoms with Crippen LogP contribution in [0.3, 0.4) is 0 Å². The lowest BCUT2D eigenvalue weighted by atomic mass is 9.99. The Morgan fingerprint density at radius 3 is 2.83 bits per heavy atom. The molecule has 3 rings (SSSR count). The van der Waals surface area contributed by atoms with Gasteiger partial charge in [-0.3, -0.25) is 4.79 Å². The molecule has 1 heterocycles. The molecule has 1 aliphatic heterocycles. The minimum atomic E-state index is -0.664. The first kappa shape index (κ1) is 17.1. The zero-order valence-corrected chi connectivity index (χ0v) is 14.7. The third kappa shape index (κ3) is 3.50. The second-order valence-corrected chi connectivity index (χ2v) is 6.73. The summed E-state index contributed by atoms with van der Waals surface area (Å²) in [5.41, 5.74) is 3.60. The van der Waals surface area contributed by atoms with E-state index in [4.69, 9.17) is 23.2 Å². The van der Waals surface area contributed by atoms with Crippen molar-refractivity contribution in [3.8, 4) is 0 Å². The molecule has 1 aliphatic rings. The molecule has 1 amide bonds. The number of fused-ring (bicyclic) bond motifs is 1. The number of benzene rings is 2. The van der Waals surface area contributed by atoms with Crippen molar-refractivity contribution >= 4 is 34.8 Å². The summed E-state index contributed by atoms with van der Waals surface area (Å²) < 4.78 is 13.5.